The van der Waals surface area contributed by atoms with E-state index in [1.54, 1.807) is 54.0 Å². The van der Waals surface area contributed by atoms with E-state index >= 15 is 0 Å². The second kappa shape index (κ2) is 10.6. The van der Waals surface area contributed by atoms with E-state index < -0.39 is 24.3 Å². The quantitative estimate of drug-likeness (QED) is 0.264. The molecule has 3 aromatic heterocycles. The molecular formula is C27H22ClF3N6O3. The molecule has 0 saturated carbocycles. The van der Waals surface area contributed by atoms with Crippen LogP contribution in [0.4, 0.5) is 13.2 Å². The van der Waals surface area contributed by atoms with Gasteiger partial charge in [-0.15, -0.1) is 0 Å². The number of imidazole rings is 1. The van der Waals surface area contributed by atoms with Crippen molar-refractivity contribution in [2.75, 3.05) is 0 Å². The lowest BCUT2D eigenvalue weighted by molar-refractivity contribution is -0.198. The third-order valence-corrected chi connectivity index (χ3v) is 6.42. The number of carboxylic acid groups (broad SMARTS) is 1. The zero-order valence-electron chi connectivity index (χ0n) is 20.9. The third-order valence-electron chi connectivity index (χ3n) is 6.19. The highest BCUT2D eigenvalue weighted by Crippen LogP contribution is 2.40. The van der Waals surface area contributed by atoms with Crippen LogP contribution in [0.15, 0.2) is 73.3 Å². The number of halogens is 4. The Morgan fingerprint density at radius 2 is 1.88 bits per heavy atom. The van der Waals surface area contributed by atoms with Crippen LogP contribution < -0.4 is 10.5 Å². The number of aromatic nitrogens is 5. The first-order valence-corrected chi connectivity index (χ1v) is 12.3. The van der Waals surface area contributed by atoms with Crippen molar-refractivity contribution in [3.05, 3.63) is 95.2 Å². The van der Waals surface area contributed by atoms with Gasteiger partial charge in [0.1, 0.15) is 6.04 Å². The van der Waals surface area contributed by atoms with Crippen molar-refractivity contribution < 1.29 is 27.8 Å². The zero-order chi connectivity index (χ0) is 28.6. The summed E-state index contributed by atoms with van der Waals surface area (Å²) in [6, 6.07) is 11.6. The largest absolute Gasteiger partial charge is 0.480 e. The molecule has 9 nitrogen and oxygen atoms in total. The van der Waals surface area contributed by atoms with Crippen LogP contribution in [0.3, 0.4) is 0 Å². The van der Waals surface area contributed by atoms with E-state index in [1.807, 2.05) is 0 Å². The van der Waals surface area contributed by atoms with Crippen LogP contribution in [0.1, 0.15) is 22.9 Å². The van der Waals surface area contributed by atoms with Gasteiger partial charge >= 0.3 is 12.1 Å². The molecule has 3 N–H and O–H groups in total. The van der Waals surface area contributed by atoms with Crippen LogP contribution in [-0.2, 0) is 11.2 Å². The summed E-state index contributed by atoms with van der Waals surface area (Å²) >= 11 is 6.12. The molecule has 0 radical (unpaired) electrons. The molecule has 0 aliphatic heterocycles. The van der Waals surface area contributed by atoms with Gasteiger partial charge in [-0.2, -0.15) is 18.3 Å². The first-order valence-electron chi connectivity index (χ1n) is 12.0. The average Bonchev–Trinajstić information content (AvgIpc) is 3.54. The molecule has 0 saturated heterocycles. The third kappa shape index (κ3) is 5.49. The number of hydrogen-bond donors (Lipinski definition) is 2. The number of aryl methyl sites for hydroxylation is 1. The molecule has 0 spiro atoms. The number of hydrogen-bond acceptors (Lipinski definition) is 6. The molecule has 0 fully saturated rings. The molecule has 0 bridgehead atoms. The van der Waals surface area contributed by atoms with E-state index in [0.29, 0.717) is 17.0 Å². The Kier molecular flexibility index (Phi) is 7.21. The highest BCUT2D eigenvalue weighted by atomic mass is 35.5. The zero-order valence-corrected chi connectivity index (χ0v) is 21.6. The Bertz CT molecular complexity index is 1680. The van der Waals surface area contributed by atoms with Gasteiger partial charge in [0.2, 0.25) is 11.8 Å². The van der Waals surface area contributed by atoms with Crippen LogP contribution in [0.5, 0.6) is 5.88 Å². The molecule has 3 heterocycles. The number of carboxylic acids is 1. The normalized spacial score (nSPS) is 13.3. The highest BCUT2D eigenvalue weighted by molar-refractivity contribution is 6.30. The number of benzene rings is 2. The van der Waals surface area contributed by atoms with E-state index in [2.05, 4.69) is 15.1 Å². The summed E-state index contributed by atoms with van der Waals surface area (Å²) < 4.78 is 51.8. The maximum absolute atomic E-state index is 14.5. The minimum atomic E-state index is -4.82. The van der Waals surface area contributed by atoms with E-state index in [4.69, 9.17) is 27.2 Å². The van der Waals surface area contributed by atoms with Crippen LogP contribution >= 0.6 is 11.6 Å². The van der Waals surface area contributed by atoms with Crippen molar-refractivity contribution in [2.24, 2.45) is 5.73 Å². The maximum Gasteiger partial charge on any atom is 0.429 e. The molecule has 5 rings (SSSR count). The van der Waals surface area contributed by atoms with Gasteiger partial charge in [-0.3, -0.25) is 9.20 Å². The monoisotopic (exact) mass is 570 g/mol. The first-order chi connectivity index (χ1) is 19.0. The molecule has 0 aliphatic carbocycles. The average molecular weight is 571 g/mol. The minimum Gasteiger partial charge on any atom is -0.480 e. The van der Waals surface area contributed by atoms with Crippen molar-refractivity contribution in [2.45, 2.75) is 31.7 Å². The number of carbonyl (C=O) groups is 1. The smallest absolute Gasteiger partial charge is 0.429 e. The highest BCUT2D eigenvalue weighted by Gasteiger charge is 2.45. The van der Waals surface area contributed by atoms with E-state index in [9.17, 15) is 18.0 Å². The number of fused-ring (bicyclic) bond motifs is 1. The molecule has 2 atom stereocenters. The lowest BCUT2D eigenvalue weighted by Crippen LogP contribution is -2.32. The standard InChI is InChI=1S/C27H22ClF3N6O3/c1-15-8-10-37(35-15)21-13-18(28)6-7-19(21)23(27(29,30)31)40-25-24-34-14-22(36(24)11-9-33-25)17-4-2-16(3-5-17)12-20(32)26(38)39/h2-11,13-14,20,23H,12,32H2,1H3,(H,38,39)/t20-,23+/m0/s1. The number of rotatable bonds is 8. The van der Waals surface area contributed by atoms with Gasteiger partial charge in [-0.25, -0.2) is 14.6 Å². The van der Waals surface area contributed by atoms with Gasteiger partial charge < -0.3 is 15.6 Å². The Balaban J connectivity index is 1.51. The van der Waals surface area contributed by atoms with Crippen molar-refractivity contribution in [1.29, 1.82) is 0 Å². The Morgan fingerprint density at radius 3 is 2.52 bits per heavy atom. The fraction of sp³-hybridized carbons (Fsp3) is 0.185. The van der Waals surface area contributed by atoms with Crippen molar-refractivity contribution in [3.8, 4) is 22.8 Å². The summed E-state index contributed by atoms with van der Waals surface area (Å²) in [4.78, 5) is 19.4. The summed E-state index contributed by atoms with van der Waals surface area (Å²) in [5.74, 6) is -1.42. The van der Waals surface area contributed by atoms with Gasteiger partial charge in [-0.05, 0) is 37.1 Å². The molecule has 5 aromatic rings. The number of alkyl halides is 3. The van der Waals surface area contributed by atoms with E-state index in [-0.39, 0.29) is 34.2 Å². The van der Waals surface area contributed by atoms with Gasteiger partial charge in [0.05, 0.1) is 23.3 Å². The molecule has 0 unspecified atom stereocenters. The number of ether oxygens (including phenoxy) is 1. The van der Waals surface area contributed by atoms with Crippen LogP contribution in [0, 0.1) is 6.92 Å². The van der Waals surface area contributed by atoms with Crippen LogP contribution in [-0.4, -0.2) is 47.4 Å². The van der Waals surface area contributed by atoms with Crippen molar-refractivity contribution in [3.63, 3.8) is 0 Å². The minimum absolute atomic E-state index is 0.0779. The Labute approximate surface area is 230 Å². The van der Waals surface area contributed by atoms with Crippen molar-refractivity contribution in [1.82, 2.24) is 24.1 Å². The molecule has 40 heavy (non-hydrogen) atoms. The lowest BCUT2D eigenvalue weighted by Gasteiger charge is -2.24. The lowest BCUT2D eigenvalue weighted by atomic mass is 10.0. The molecule has 0 amide bonds. The van der Waals surface area contributed by atoms with Crippen LogP contribution in [0.25, 0.3) is 22.6 Å². The molecule has 2 aromatic carbocycles. The Hall–Kier alpha value is -4.42. The van der Waals surface area contributed by atoms with E-state index in [1.165, 1.54) is 35.3 Å². The Morgan fingerprint density at radius 1 is 1.12 bits per heavy atom. The number of aliphatic carboxylic acids is 1. The second-order valence-electron chi connectivity index (χ2n) is 9.06. The SMILES string of the molecule is Cc1ccn(-c2cc(Cl)ccc2[C@@H](Oc2nccn3c(-c4ccc(C[C@H](N)C(=O)O)cc4)cnc23)C(F)(F)F)n1. The predicted octanol–water partition coefficient (Wildman–Crippen LogP) is 5.18. The first kappa shape index (κ1) is 27.2. The van der Waals surface area contributed by atoms with Gasteiger partial charge in [0.25, 0.3) is 5.88 Å². The summed E-state index contributed by atoms with van der Waals surface area (Å²) in [7, 11) is 0. The fourth-order valence-electron chi connectivity index (χ4n) is 4.25. The van der Waals surface area contributed by atoms with Gasteiger partial charge in [0, 0.05) is 34.7 Å². The molecule has 206 valence electrons. The molecule has 13 heteroatoms. The van der Waals surface area contributed by atoms with E-state index in [0.717, 1.165) is 5.56 Å². The number of nitrogens with two attached hydrogens (primary N) is 1. The summed E-state index contributed by atoms with van der Waals surface area (Å²) in [5, 5.41) is 13.5. The summed E-state index contributed by atoms with van der Waals surface area (Å²) in [5.41, 5.74) is 8.19. The van der Waals surface area contributed by atoms with Crippen molar-refractivity contribution >= 4 is 23.2 Å². The maximum atomic E-state index is 14.5. The number of nitrogens with zero attached hydrogens (tertiary/aromatic N) is 5. The second-order valence-corrected chi connectivity index (χ2v) is 9.50. The van der Waals surface area contributed by atoms with Gasteiger partial charge in [0.15, 0.2) is 0 Å². The van der Waals surface area contributed by atoms with Gasteiger partial charge in [-0.1, -0.05) is 41.9 Å². The fourth-order valence-corrected chi connectivity index (χ4v) is 4.42. The predicted molar refractivity (Wildman–Crippen MR) is 140 cm³/mol. The topological polar surface area (TPSA) is 121 Å². The molecule has 0 aliphatic rings. The van der Waals surface area contributed by atoms with Crippen LogP contribution in [0.2, 0.25) is 5.02 Å². The summed E-state index contributed by atoms with van der Waals surface area (Å²) in [6.45, 7) is 1.72. The summed E-state index contributed by atoms with van der Waals surface area (Å²) in [6.07, 6.45) is -1.16. The molecular weight excluding hydrogens is 549 g/mol.